The topological polar surface area (TPSA) is 50.1 Å². The normalized spacial score (nSPS) is 24.8. The molecule has 1 aliphatic rings. The maximum absolute atomic E-state index is 9.80. The molecule has 0 aliphatic heterocycles. The lowest BCUT2D eigenvalue weighted by atomic mass is 9.64. The summed E-state index contributed by atoms with van der Waals surface area (Å²) in [6.45, 7) is 8.05. The first kappa shape index (κ1) is 13.6. The molecule has 2 atom stereocenters. The van der Waals surface area contributed by atoms with Gasteiger partial charge in [-0.25, -0.2) is 4.98 Å². The monoisotopic (exact) mass is 273 g/mol. The van der Waals surface area contributed by atoms with E-state index in [9.17, 15) is 5.11 Å². The molecule has 2 N–H and O–H groups in total. The van der Waals surface area contributed by atoms with Gasteiger partial charge in [-0.15, -0.1) is 0 Å². The zero-order valence-corrected chi connectivity index (χ0v) is 12.4. The van der Waals surface area contributed by atoms with Crippen LogP contribution >= 0.6 is 0 Å². The largest absolute Gasteiger partial charge is 0.392 e. The number of hydrogen-bond acceptors (Lipinski definition) is 3. The van der Waals surface area contributed by atoms with Crippen LogP contribution in [-0.4, -0.2) is 26.8 Å². The van der Waals surface area contributed by atoms with Crippen LogP contribution in [-0.2, 0) is 13.1 Å². The van der Waals surface area contributed by atoms with Crippen LogP contribution in [0.15, 0.2) is 24.3 Å². The summed E-state index contributed by atoms with van der Waals surface area (Å²) in [4.78, 5) is 4.72. The fraction of sp³-hybridized carbons (Fsp3) is 0.562. The molecule has 1 fully saturated rings. The Balaban J connectivity index is 1.78. The van der Waals surface area contributed by atoms with Crippen LogP contribution in [0.5, 0.6) is 0 Å². The van der Waals surface area contributed by atoms with Gasteiger partial charge in [0.2, 0.25) is 0 Å². The van der Waals surface area contributed by atoms with Gasteiger partial charge >= 0.3 is 0 Å². The lowest BCUT2D eigenvalue weighted by molar-refractivity contribution is -0.0732. The van der Waals surface area contributed by atoms with Gasteiger partial charge in [-0.05, 0) is 25.5 Å². The first-order valence-electron chi connectivity index (χ1n) is 7.39. The number of fused-ring (bicyclic) bond motifs is 1. The van der Waals surface area contributed by atoms with Crippen LogP contribution in [0.1, 0.15) is 33.0 Å². The molecule has 2 unspecified atom stereocenters. The number of benzene rings is 1. The molecule has 4 nitrogen and oxygen atoms in total. The Morgan fingerprint density at radius 2 is 2.15 bits per heavy atom. The molecule has 0 bridgehead atoms. The smallest absolute Gasteiger partial charge is 0.123 e. The van der Waals surface area contributed by atoms with Crippen molar-refractivity contribution in [1.82, 2.24) is 14.9 Å². The number of aromatic nitrogens is 2. The molecule has 2 aromatic rings. The van der Waals surface area contributed by atoms with Gasteiger partial charge in [0.05, 0.1) is 23.7 Å². The zero-order chi connectivity index (χ0) is 14.3. The molecule has 1 aromatic heterocycles. The Bertz CT molecular complexity index is 617. The van der Waals surface area contributed by atoms with Gasteiger partial charge in [0.1, 0.15) is 5.82 Å². The number of nitrogens with zero attached hydrogens (tertiary/aromatic N) is 2. The van der Waals surface area contributed by atoms with Crippen molar-refractivity contribution in [2.24, 2.45) is 5.41 Å². The van der Waals surface area contributed by atoms with Crippen molar-refractivity contribution in [3.8, 4) is 0 Å². The number of aliphatic hydroxyl groups excluding tert-OH is 1. The molecule has 1 aliphatic carbocycles. The molecule has 3 rings (SSSR count). The second kappa shape index (κ2) is 4.86. The van der Waals surface area contributed by atoms with E-state index in [1.807, 2.05) is 6.07 Å². The Hall–Kier alpha value is -1.39. The van der Waals surface area contributed by atoms with Gasteiger partial charge in [0.15, 0.2) is 0 Å². The van der Waals surface area contributed by atoms with Crippen LogP contribution in [0.3, 0.4) is 0 Å². The lowest BCUT2D eigenvalue weighted by Gasteiger charge is -2.49. The van der Waals surface area contributed by atoms with Crippen molar-refractivity contribution in [3.63, 3.8) is 0 Å². The van der Waals surface area contributed by atoms with E-state index in [0.717, 1.165) is 30.9 Å². The van der Waals surface area contributed by atoms with Crippen molar-refractivity contribution in [1.29, 1.82) is 0 Å². The third kappa shape index (κ3) is 2.03. The molecule has 20 heavy (non-hydrogen) atoms. The summed E-state index contributed by atoms with van der Waals surface area (Å²) in [7, 11) is 0. The summed E-state index contributed by atoms with van der Waals surface area (Å²) in [5.41, 5.74) is 2.21. The average Bonchev–Trinajstić information content (AvgIpc) is 2.80. The minimum absolute atomic E-state index is 0.0386. The maximum Gasteiger partial charge on any atom is 0.123 e. The van der Waals surface area contributed by atoms with Gasteiger partial charge in [0.25, 0.3) is 0 Å². The van der Waals surface area contributed by atoms with Crippen LogP contribution < -0.4 is 5.32 Å². The number of para-hydroxylation sites is 2. The Labute approximate surface area is 119 Å². The number of rotatable bonds is 4. The first-order chi connectivity index (χ1) is 9.54. The predicted octanol–water partition coefficient (Wildman–Crippen LogP) is 2.31. The van der Waals surface area contributed by atoms with E-state index >= 15 is 0 Å². The zero-order valence-electron chi connectivity index (χ0n) is 12.4. The molecule has 4 heteroatoms. The van der Waals surface area contributed by atoms with Gasteiger partial charge < -0.3 is 15.0 Å². The van der Waals surface area contributed by atoms with E-state index in [4.69, 9.17) is 4.98 Å². The Morgan fingerprint density at radius 1 is 1.40 bits per heavy atom. The predicted molar refractivity (Wildman–Crippen MR) is 80.4 cm³/mol. The summed E-state index contributed by atoms with van der Waals surface area (Å²) >= 11 is 0. The number of imidazole rings is 1. The minimum atomic E-state index is -0.190. The summed E-state index contributed by atoms with van der Waals surface area (Å²) in [6, 6.07) is 8.62. The second-order valence-electron chi connectivity index (χ2n) is 6.27. The van der Waals surface area contributed by atoms with Crippen molar-refractivity contribution in [2.75, 3.05) is 0 Å². The highest BCUT2D eigenvalue weighted by molar-refractivity contribution is 5.75. The van der Waals surface area contributed by atoms with E-state index in [1.54, 1.807) is 0 Å². The van der Waals surface area contributed by atoms with E-state index < -0.39 is 0 Å². The fourth-order valence-corrected chi connectivity index (χ4v) is 3.08. The molecule has 1 heterocycles. The molecule has 0 saturated heterocycles. The van der Waals surface area contributed by atoms with Crippen LogP contribution in [0, 0.1) is 5.41 Å². The van der Waals surface area contributed by atoms with E-state index in [1.165, 1.54) is 5.52 Å². The number of aryl methyl sites for hydroxylation is 1. The van der Waals surface area contributed by atoms with Gasteiger partial charge in [-0.3, -0.25) is 0 Å². The average molecular weight is 273 g/mol. The molecular formula is C16H23N3O. The Morgan fingerprint density at radius 3 is 2.80 bits per heavy atom. The quantitative estimate of drug-likeness (QED) is 0.898. The second-order valence-corrected chi connectivity index (χ2v) is 6.27. The Kier molecular flexibility index (Phi) is 3.30. The van der Waals surface area contributed by atoms with Gasteiger partial charge in [0, 0.05) is 18.0 Å². The molecule has 1 aromatic carbocycles. The van der Waals surface area contributed by atoms with Crippen molar-refractivity contribution in [2.45, 2.75) is 52.4 Å². The van der Waals surface area contributed by atoms with Crippen LogP contribution in [0.25, 0.3) is 11.0 Å². The van der Waals surface area contributed by atoms with Crippen molar-refractivity contribution < 1.29 is 5.11 Å². The van der Waals surface area contributed by atoms with E-state index in [2.05, 4.69) is 48.9 Å². The third-order valence-electron chi connectivity index (χ3n) is 4.77. The van der Waals surface area contributed by atoms with E-state index in [-0.39, 0.29) is 11.5 Å². The summed E-state index contributed by atoms with van der Waals surface area (Å²) in [6.07, 6.45) is 0.643. The molecule has 0 spiro atoms. The number of hydrogen-bond donors (Lipinski definition) is 2. The molecular weight excluding hydrogens is 250 g/mol. The highest BCUT2D eigenvalue weighted by Gasteiger charge is 2.46. The van der Waals surface area contributed by atoms with Crippen LogP contribution in [0.4, 0.5) is 0 Å². The van der Waals surface area contributed by atoms with Crippen LogP contribution in [0.2, 0.25) is 0 Å². The third-order valence-corrected chi connectivity index (χ3v) is 4.77. The highest BCUT2D eigenvalue weighted by atomic mass is 16.3. The number of aliphatic hydroxyl groups is 1. The van der Waals surface area contributed by atoms with E-state index in [0.29, 0.717) is 6.04 Å². The van der Waals surface area contributed by atoms with Crippen molar-refractivity contribution in [3.05, 3.63) is 30.1 Å². The molecule has 1 saturated carbocycles. The first-order valence-corrected chi connectivity index (χ1v) is 7.39. The maximum atomic E-state index is 9.80. The molecule has 0 radical (unpaired) electrons. The highest BCUT2D eigenvalue weighted by Crippen LogP contribution is 2.40. The van der Waals surface area contributed by atoms with Crippen molar-refractivity contribution >= 4 is 11.0 Å². The van der Waals surface area contributed by atoms with Gasteiger partial charge in [-0.1, -0.05) is 26.0 Å². The fourth-order valence-electron chi connectivity index (χ4n) is 3.08. The lowest BCUT2D eigenvalue weighted by Crippen LogP contribution is -2.59. The standard InChI is InChI=1S/C16H23N3O/c1-4-19-12-8-6-5-7-11(12)18-15(19)10-17-13-9-14(20)16(13,2)3/h5-8,13-14,17,20H,4,9-10H2,1-3H3. The summed E-state index contributed by atoms with van der Waals surface area (Å²) in [5, 5.41) is 13.3. The summed E-state index contributed by atoms with van der Waals surface area (Å²) < 4.78 is 2.25. The number of nitrogens with one attached hydrogen (secondary N) is 1. The SMILES string of the molecule is CCn1c(CNC2CC(O)C2(C)C)nc2ccccc21. The summed E-state index contributed by atoms with van der Waals surface area (Å²) in [5.74, 6) is 1.07. The van der Waals surface area contributed by atoms with Gasteiger partial charge in [-0.2, -0.15) is 0 Å². The minimum Gasteiger partial charge on any atom is -0.392 e. The molecule has 108 valence electrons. The molecule has 0 amide bonds.